The predicted octanol–water partition coefficient (Wildman–Crippen LogP) is 5.93. The minimum absolute atomic E-state index is 0.0245. The number of benzene rings is 3. The molecule has 1 saturated carbocycles. The fraction of sp³-hybridized carbons (Fsp3) is 0.375. The maximum absolute atomic E-state index is 13.9. The molecule has 4 nitrogen and oxygen atoms in total. The molecule has 1 aliphatic rings. The molecule has 0 unspecified atom stereocenters. The van der Waals surface area contributed by atoms with Crippen molar-refractivity contribution in [1.29, 1.82) is 0 Å². The molecule has 0 saturated heterocycles. The lowest BCUT2D eigenvalue weighted by Gasteiger charge is -2.33. The highest BCUT2D eigenvalue weighted by Gasteiger charge is 2.32. The van der Waals surface area contributed by atoms with Crippen LogP contribution in [-0.2, 0) is 29.0 Å². The summed E-state index contributed by atoms with van der Waals surface area (Å²) in [5, 5.41) is 3.31. The van der Waals surface area contributed by atoms with Crippen LogP contribution in [0.4, 0.5) is 0 Å². The Morgan fingerprint density at radius 2 is 1.39 bits per heavy atom. The molecule has 0 aliphatic heterocycles. The second-order valence-corrected chi connectivity index (χ2v) is 10.2. The van der Waals surface area contributed by atoms with Crippen LogP contribution >= 0.6 is 0 Å². The molecule has 0 aromatic heterocycles. The molecule has 4 rings (SSSR count). The first kappa shape index (κ1) is 25.7. The monoisotopic (exact) mass is 482 g/mol. The largest absolute Gasteiger partial charge is 0.352 e. The van der Waals surface area contributed by atoms with Crippen LogP contribution in [0, 0.1) is 13.8 Å². The highest BCUT2D eigenvalue weighted by atomic mass is 16.2. The molecule has 0 heterocycles. The molecule has 1 fully saturated rings. The molecule has 188 valence electrons. The molecule has 2 amide bonds. The van der Waals surface area contributed by atoms with E-state index in [2.05, 4.69) is 37.4 Å². The molecule has 1 aliphatic carbocycles. The van der Waals surface area contributed by atoms with Crippen LogP contribution in [-0.4, -0.2) is 28.8 Å². The second-order valence-electron chi connectivity index (χ2n) is 10.2. The van der Waals surface area contributed by atoms with E-state index >= 15 is 0 Å². The number of aryl methyl sites for hydroxylation is 2. The number of nitrogens with zero attached hydrogens (tertiary/aromatic N) is 1. The van der Waals surface area contributed by atoms with Gasteiger partial charge in [-0.05, 0) is 43.4 Å². The lowest BCUT2D eigenvalue weighted by Crippen LogP contribution is -2.53. The first-order valence-corrected chi connectivity index (χ1v) is 13.2. The molecule has 3 aromatic carbocycles. The average Bonchev–Trinajstić information content (AvgIpc) is 2.87. The van der Waals surface area contributed by atoms with Crippen molar-refractivity contribution in [2.75, 3.05) is 0 Å². The van der Waals surface area contributed by atoms with Crippen LogP contribution in [0.3, 0.4) is 0 Å². The smallest absolute Gasteiger partial charge is 0.243 e. The van der Waals surface area contributed by atoms with Gasteiger partial charge in [0, 0.05) is 19.0 Å². The summed E-state index contributed by atoms with van der Waals surface area (Å²) in [7, 11) is 0. The Balaban J connectivity index is 1.65. The van der Waals surface area contributed by atoms with Gasteiger partial charge in [0.05, 0.1) is 6.42 Å². The summed E-state index contributed by atoms with van der Waals surface area (Å²) in [4.78, 5) is 29.5. The van der Waals surface area contributed by atoms with Crippen molar-refractivity contribution in [3.05, 3.63) is 107 Å². The summed E-state index contributed by atoms with van der Waals surface area (Å²) in [6.45, 7) is 4.51. The van der Waals surface area contributed by atoms with Gasteiger partial charge < -0.3 is 10.2 Å². The summed E-state index contributed by atoms with van der Waals surface area (Å²) in [5.74, 6) is -0.0703. The molecule has 1 atom stereocenters. The predicted molar refractivity (Wildman–Crippen MR) is 146 cm³/mol. The van der Waals surface area contributed by atoms with Crippen molar-refractivity contribution >= 4 is 11.8 Å². The van der Waals surface area contributed by atoms with Gasteiger partial charge in [0.15, 0.2) is 0 Å². The molecule has 0 radical (unpaired) electrons. The summed E-state index contributed by atoms with van der Waals surface area (Å²) in [5.41, 5.74) is 5.35. The van der Waals surface area contributed by atoms with E-state index in [1.54, 1.807) is 4.90 Å². The molecule has 3 aromatic rings. The van der Waals surface area contributed by atoms with E-state index in [1.165, 1.54) is 6.42 Å². The van der Waals surface area contributed by atoms with Gasteiger partial charge in [-0.25, -0.2) is 0 Å². The van der Waals surface area contributed by atoms with E-state index in [-0.39, 0.29) is 24.3 Å². The molecular formula is C32H38N2O2. The highest BCUT2D eigenvalue weighted by molar-refractivity contribution is 5.89. The Labute approximate surface area is 215 Å². The zero-order chi connectivity index (χ0) is 25.3. The lowest BCUT2D eigenvalue weighted by molar-refractivity contribution is -0.141. The number of amides is 2. The zero-order valence-corrected chi connectivity index (χ0v) is 21.6. The Morgan fingerprint density at radius 1 is 0.806 bits per heavy atom. The molecular weight excluding hydrogens is 444 g/mol. The SMILES string of the molecule is Cc1cc(C)cc(CC(=O)N(Cc2ccccc2)[C@@H](Cc2ccccc2)C(=O)NC2CCCCC2)c1. The number of hydrogen-bond donors (Lipinski definition) is 1. The topological polar surface area (TPSA) is 49.4 Å². The normalized spacial score (nSPS) is 14.7. The lowest BCUT2D eigenvalue weighted by atomic mass is 9.94. The molecule has 4 heteroatoms. The van der Waals surface area contributed by atoms with Gasteiger partial charge in [0.25, 0.3) is 0 Å². The van der Waals surface area contributed by atoms with Gasteiger partial charge in [-0.15, -0.1) is 0 Å². The standard InChI is InChI=1S/C32H38N2O2/c1-24-18-25(2)20-28(19-24)22-31(35)34(23-27-14-8-4-9-15-27)30(21-26-12-6-3-7-13-26)32(36)33-29-16-10-5-11-17-29/h3-4,6-9,12-15,18-20,29-30H,5,10-11,16-17,21-23H2,1-2H3,(H,33,36)/t30-/m0/s1. The summed E-state index contributed by atoms with van der Waals surface area (Å²) >= 11 is 0. The first-order chi connectivity index (χ1) is 17.5. The van der Waals surface area contributed by atoms with E-state index in [0.717, 1.165) is 53.5 Å². The van der Waals surface area contributed by atoms with Gasteiger partial charge in [0.2, 0.25) is 11.8 Å². The highest BCUT2D eigenvalue weighted by Crippen LogP contribution is 2.21. The molecule has 0 bridgehead atoms. The Kier molecular flexibility index (Phi) is 8.94. The quantitative estimate of drug-likeness (QED) is 0.411. The van der Waals surface area contributed by atoms with Crippen molar-refractivity contribution in [3.63, 3.8) is 0 Å². The third-order valence-electron chi connectivity index (χ3n) is 7.06. The molecule has 1 N–H and O–H groups in total. The van der Waals surface area contributed by atoms with Crippen molar-refractivity contribution in [2.45, 2.75) is 77.4 Å². The fourth-order valence-corrected chi connectivity index (χ4v) is 5.33. The van der Waals surface area contributed by atoms with Crippen LogP contribution in [0.15, 0.2) is 78.9 Å². The van der Waals surface area contributed by atoms with Gasteiger partial charge in [-0.2, -0.15) is 0 Å². The minimum atomic E-state index is -0.576. The Morgan fingerprint density at radius 3 is 2.00 bits per heavy atom. The van der Waals surface area contributed by atoms with Crippen molar-refractivity contribution in [2.24, 2.45) is 0 Å². The van der Waals surface area contributed by atoms with Crippen LogP contribution in [0.25, 0.3) is 0 Å². The van der Waals surface area contributed by atoms with Gasteiger partial charge in [0.1, 0.15) is 6.04 Å². The number of hydrogen-bond acceptors (Lipinski definition) is 2. The van der Waals surface area contributed by atoms with E-state index < -0.39 is 6.04 Å². The van der Waals surface area contributed by atoms with E-state index in [0.29, 0.717) is 13.0 Å². The zero-order valence-electron chi connectivity index (χ0n) is 21.6. The minimum Gasteiger partial charge on any atom is -0.352 e. The van der Waals surface area contributed by atoms with Crippen LogP contribution in [0.2, 0.25) is 0 Å². The molecule has 0 spiro atoms. The summed E-state index contributed by atoms with van der Waals surface area (Å²) < 4.78 is 0. The third-order valence-corrected chi connectivity index (χ3v) is 7.06. The number of carbonyl (C=O) groups is 2. The summed E-state index contributed by atoms with van der Waals surface area (Å²) in [6, 6.07) is 25.9. The second kappa shape index (κ2) is 12.5. The van der Waals surface area contributed by atoms with Gasteiger partial charge >= 0.3 is 0 Å². The number of rotatable bonds is 9. The van der Waals surface area contributed by atoms with E-state index in [4.69, 9.17) is 0 Å². The van der Waals surface area contributed by atoms with E-state index in [1.807, 2.05) is 60.7 Å². The fourth-order valence-electron chi connectivity index (χ4n) is 5.33. The Hall–Kier alpha value is -3.40. The van der Waals surface area contributed by atoms with Gasteiger partial charge in [-0.3, -0.25) is 9.59 Å². The maximum atomic E-state index is 13.9. The number of carbonyl (C=O) groups excluding carboxylic acids is 2. The van der Waals surface area contributed by atoms with Gasteiger partial charge in [-0.1, -0.05) is 109 Å². The average molecular weight is 483 g/mol. The van der Waals surface area contributed by atoms with Crippen LogP contribution in [0.1, 0.15) is 59.9 Å². The van der Waals surface area contributed by atoms with Crippen molar-refractivity contribution in [1.82, 2.24) is 10.2 Å². The third kappa shape index (κ3) is 7.30. The number of nitrogens with one attached hydrogen (secondary N) is 1. The van der Waals surface area contributed by atoms with Crippen molar-refractivity contribution in [3.8, 4) is 0 Å². The molecule has 36 heavy (non-hydrogen) atoms. The maximum Gasteiger partial charge on any atom is 0.243 e. The van der Waals surface area contributed by atoms with Crippen molar-refractivity contribution < 1.29 is 9.59 Å². The van der Waals surface area contributed by atoms with Crippen LogP contribution < -0.4 is 5.32 Å². The summed E-state index contributed by atoms with van der Waals surface area (Å²) in [6.07, 6.45) is 6.32. The van der Waals surface area contributed by atoms with Crippen LogP contribution in [0.5, 0.6) is 0 Å². The first-order valence-electron chi connectivity index (χ1n) is 13.2. The van der Waals surface area contributed by atoms with E-state index in [9.17, 15) is 9.59 Å². The Bertz CT molecular complexity index is 1120.